The zero-order valence-corrected chi connectivity index (χ0v) is 10.7. The van der Waals surface area contributed by atoms with E-state index in [1.54, 1.807) is 26.5 Å². The first kappa shape index (κ1) is 12.8. The SMILES string of the molecule is COC[C@@H]1C[C@@H](OC)CN1c1ccnc(C#N)c1. The molecule has 0 saturated carbocycles. The van der Waals surface area contributed by atoms with Gasteiger partial charge in [-0.1, -0.05) is 0 Å². The number of rotatable bonds is 4. The van der Waals surface area contributed by atoms with Crippen molar-refractivity contribution in [3.8, 4) is 6.07 Å². The predicted octanol–water partition coefficient (Wildman–Crippen LogP) is 1.19. The number of hydrogen-bond acceptors (Lipinski definition) is 5. The van der Waals surface area contributed by atoms with Gasteiger partial charge in [0.05, 0.1) is 18.8 Å². The normalized spacial score (nSPS) is 23.1. The summed E-state index contributed by atoms with van der Waals surface area (Å²) in [5.41, 5.74) is 1.44. The summed E-state index contributed by atoms with van der Waals surface area (Å²) < 4.78 is 10.7. The molecule has 0 N–H and O–H groups in total. The molecule has 18 heavy (non-hydrogen) atoms. The van der Waals surface area contributed by atoms with Crippen molar-refractivity contribution in [1.82, 2.24) is 4.98 Å². The van der Waals surface area contributed by atoms with Crippen molar-refractivity contribution in [1.29, 1.82) is 5.26 Å². The number of anilines is 1. The van der Waals surface area contributed by atoms with Gasteiger partial charge in [0.15, 0.2) is 0 Å². The molecule has 0 radical (unpaired) electrons. The van der Waals surface area contributed by atoms with Gasteiger partial charge in [-0.15, -0.1) is 0 Å². The average molecular weight is 247 g/mol. The van der Waals surface area contributed by atoms with Crippen LogP contribution in [-0.2, 0) is 9.47 Å². The van der Waals surface area contributed by atoms with E-state index in [0.717, 1.165) is 18.7 Å². The molecule has 1 aromatic heterocycles. The second-order valence-corrected chi connectivity index (χ2v) is 4.37. The van der Waals surface area contributed by atoms with Crippen molar-refractivity contribution in [3.05, 3.63) is 24.0 Å². The van der Waals surface area contributed by atoms with E-state index in [1.807, 2.05) is 6.07 Å². The molecule has 0 amide bonds. The van der Waals surface area contributed by atoms with Gasteiger partial charge in [0.2, 0.25) is 0 Å². The van der Waals surface area contributed by atoms with Crippen molar-refractivity contribution < 1.29 is 9.47 Å². The van der Waals surface area contributed by atoms with Crippen LogP contribution in [0, 0.1) is 11.3 Å². The average Bonchev–Trinajstić information content (AvgIpc) is 2.82. The highest BCUT2D eigenvalue weighted by Crippen LogP contribution is 2.27. The minimum Gasteiger partial charge on any atom is -0.383 e. The van der Waals surface area contributed by atoms with Crippen molar-refractivity contribution in [2.45, 2.75) is 18.6 Å². The molecule has 1 aromatic rings. The molecular formula is C13H17N3O2. The Morgan fingerprint density at radius 3 is 3.06 bits per heavy atom. The van der Waals surface area contributed by atoms with E-state index in [9.17, 15) is 0 Å². The molecule has 1 aliphatic rings. The van der Waals surface area contributed by atoms with Gasteiger partial charge in [0.25, 0.3) is 0 Å². The van der Waals surface area contributed by atoms with Crippen LogP contribution in [0.15, 0.2) is 18.3 Å². The fourth-order valence-corrected chi connectivity index (χ4v) is 2.37. The standard InChI is InChI=1S/C13H17N3O2/c1-17-9-12-6-13(18-2)8-16(12)11-3-4-15-10(5-11)7-14/h3-5,12-13H,6,8-9H2,1-2H3/t12-,13+/m0/s1. The van der Waals surface area contributed by atoms with Crippen LogP contribution in [0.2, 0.25) is 0 Å². The molecular weight excluding hydrogens is 230 g/mol. The number of nitrogens with zero attached hydrogens (tertiary/aromatic N) is 3. The Bertz CT molecular complexity index is 444. The zero-order valence-electron chi connectivity index (χ0n) is 10.7. The summed E-state index contributed by atoms with van der Waals surface area (Å²) in [6, 6.07) is 6.07. The lowest BCUT2D eigenvalue weighted by atomic mass is 10.2. The molecule has 1 fully saturated rings. The molecule has 0 spiro atoms. The monoisotopic (exact) mass is 247 g/mol. The maximum absolute atomic E-state index is 8.89. The van der Waals surface area contributed by atoms with E-state index >= 15 is 0 Å². The highest BCUT2D eigenvalue weighted by molar-refractivity contribution is 5.51. The maximum Gasteiger partial charge on any atom is 0.142 e. The van der Waals surface area contributed by atoms with Gasteiger partial charge in [0.1, 0.15) is 11.8 Å². The van der Waals surface area contributed by atoms with Crippen LogP contribution in [0.3, 0.4) is 0 Å². The molecule has 0 bridgehead atoms. The second-order valence-electron chi connectivity index (χ2n) is 4.37. The predicted molar refractivity (Wildman–Crippen MR) is 67.4 cm³/mol. The number of pyridine rings is 1. The van der Waals surface area contributed by atoms with Crippen LogP contribution in [-0.4, -0.2) is 44.5 Å². The Morgan fingerprint density at radius 1 is 1.56 bits per heavy atom. The van der Waals surface area contributed by atoms with E-state index in [1.165, 1.54) is 0 Å². The van der Waals surface area contributed by atoms with E-state index < -0.39 is 0 Å². The highest BCUT2D eigenvalue weighted by atomic mass is 16.5. The quantitative estimate of drug-likeness (QED) is 0.800. The highest BCUT2D eigenvalue weighted by Gasteiger charge is 2.32. The molecule has 0 aliphatic carbocycles. The van der Waals surface area contributed by atoms with E-state index in [-0.39, 0.29) is 12.1 Å². The van der Waals surface area contributed by atoms with Crippen molar-refractivity contribution in [3.63, 3.8) is 0 Å². The molecule has 0 aromatic carbocycles. The third-order valence-electron chi connectivity index (χ3n) is 3.26. The summed E-state index contributed by atoms with van der Waals surface area (Å²) >= 11 is 0. The van der Waals surface area contributed by atoms with Crippen LogP contribution < -0.4 is 4.90 Å². The summed E-state index contributed by atoms with van der Waals surface area (Å²) in [6.07, 6.45) is 2.82. The molecule has 2 rings (SSSR count). The third-order valence-corrected chi connectivity index (χ3v) is 3.26. The molecule has 5 heteroatoms. The number of methoxy groups -OCH3 is 2. The van der Waals surface area contributed by atoms with Crippen molar-refractivity contribution in [2.75, 3.05) is 32.3 Å². The Hall–Kier alpha value is -1.64. The van der Waals surface area contributed by atoms with Crippen LogP contribution >= 0.6 is 0 Å². The molecule has 2 heterocycles. The Kier molecular flexibility index (Phi) is 4.13. The van der Waals surface area contributed by atoms with Gasteiger partial charge in [0, 0.05) is 32.6 Å². The van der Waals surface area contributed by atoms with E-state index in [0.29, 0.717) is 12.3 Å². The van der Waals surface area contributed by atoms with Crippen LogP contribution in [0.25, 0.3) is 0 Å². The first-order valence-corrected chi connectivity index (χ1v) is 5.93. The Labute approximate surface area is 107 Å². The number of aromatic nitrogens is 1. The first-order chi connectivity index (χ1) is 8.78. The lowest BCUT2D eigenvalue weighted by Gasteiger charge is -2.25. The third kappa shape index (κ3) is 2.61. The molecule has 1 saturated heterocycles. The van der Waals surface area contributed by atoms with Gasteiger partial charge in [-0.05, 0) is 18.6 Å². The van der Waals surface area contributed by atoms with Gasteiger partial charge < -0.3 is 14.4 Å². The minimum absolute atomic E-state index is 0.212. The molecule has 2 atom stereocenters. The molecule has 96 valence electrons. The lowest BCUT2D eigenvalue weighted by molar-refractivity contribution is 0.111. The summed E-state index contributed by atoms with van der Waals surface area (Å²) in [5, 5.41) is 8.89. The van der Waals surface area contributed by atoms with Gasteiger partial charge in [-0.3, -0.25) is 0 Å². The molecule has 1 aliphatic heterocycles. The molecule has 5 nitrogen and oxygen atoms in total. The first-order valence-electron chi connectivity index (χ1n) is 5.93. The van der Waals surface area contributed by atoms with Gasteiger partial charge >= 0.3 is 0 Å². The number of hydrogen-bond donors (Lipinski definition) is 0. The number of nitriles is 1. The van der Waals surface area contributed by atoms with Crippen molar-refractivity contribution >= 4 is 5.69 Å². The van der Waals surface area contributed by atoms with E-state index in [2.05, 4.69) is 16.0 Å². The second kappa shape index (κ2) is 5.80. The van der Waals surface area contributed by atoms with Crippen LogP contribution in [0.1, 0.15) is 12.1 Å². The summed E-state index contributed by atoms with van der Waals surface area (Å²) in [7, 11) is 3.43. The smallest absolute Gasteiger partial charge is 0.142 e. The fraction of sp³-hybridized carbons (Fsp3) is 0.538. The zero-order chi connectivity index (χ0) is 13.0. The van der Waals surface area contributed by atoms with Gasteiger partial charge in [-0.25, -0.2) is 4.98 Å². The van der Waals surface area contributed by atoms with Crippen LogP contribution in [0.5, 0.6) is 0 Å². The largest absolute Gasteiger partial charge is 0.383 e. The molecule has 0 unspecified atom stereocenters. The summed E-state index contributed by atoms with van der Waals surface area (Å²) in [5.74, 6) is 0. The topological polar surface area (TPSA) is 58.4 Å². The Morgan fingerprint density at radius 2 is 2.39 bits per heavy atom. The number of ether oxygens (including phenoxy) is 2. The van der Waals surface area contributed by atoms with Crippen LogP contribution in [0.4, 0.5) is 5.69 Å². The van der Waals surface area contributed by atoms with E-state index in [4.69, 9.17) is 14.7 Å². The van der Waals surface area contributed by atoms with Crippen molar-refractivity contribution in [2.24, 2.45) is 0 Å². The summed E-state index contributed by atoms with van der Waals surface area (Å²) in [6.45, 7) is 1.48. The lowest BCUT2D eigenvalue weighted by Crippen LogP contribution is -2.33. The Balaban J connectivity index is 2.21. The minimum atomic E-state index is 0.212. The summed E-state index contributed by atoms with van der Waals surface area (Å²) in [4.78, 5) is 6.21. The van der Waals surface area contributed by atoms with Gasteiger partial charge in [-0.2, -0.15) is 5.26 Å². The maximum atomic E-state index is 8.89. The fourth-order valence-electron chi connectivity index (χ4n) is 2.37.